The summed E-state index contributed by atoms with van der Waals surface area (Å²) in [5.74, 6) is 2.61. The number of hydrogen-bond donors (Lipinski definition) is 0. The standard InChI is InChI=1S/C15H24N4O2/c1-21-11-14(20)18-8-5-6-12(10-18)15-17-16-13-7-3-2-4-9-19(13)15/h12H,2-11H2,1H3. The molecule has 1 saturated heterocycles. The molecule has 1 aromatic rings. The van der Waals surface area contributed by atoms with Gasteiger partial charge >= 0.3 is 0 Å². The lowest BCUT2D eigenvalue weighted by molar-refractivity contribution is -0.136. The first kappa shape index (κ1) is 14.5. The van der Waals surface area contributed by atoms with E-state index >= 15 is 0 Å². The Labute approximate surface area is 125 Å². The number of nitrogens with zero attached hydrogens (tertiary/aromatic N) is 4. The Kier molecular flexibility index (Phi) is 4.53. The van der Waals surface area contributed by atoms with E-state index in [2.05, 4.69) is 14.8 Å². The van der Waals surface area contributed by atoms with Gasteiger partial charge in [0.1, 0.15) is 18.3 Å². The van der Waals surface area contributed by atoms with Gasteiger partial charge in [0.2, 0.25) is 5.91 Å². The van der Waals surface area contributed by atoms with Crippen LogP contribution in [0.15, 0.2) is 0 Å². The van der Waals surface area contributed by atoms with Crippen LogP contribution in [-0.2, 0) is 22.5 Å². The fourth-order valence-corrected chi connectivity index (χ4v) is 3.44. The van der Waals surface area contributed by atoms with Crippen LogP contribution in [0, 0.1) is 0 Å². The van der Waals surface area contributed by atoms with E-state index in [1.807, 2.05) is 4.90 Å². The molecule has 116 valence electrons. The van der Waals surface area contributed by atoms with Gasteiger partial charge in [-0.3, -0.25) is 4.79 Å². The maximum atomic E-state index is 12.0. The molecule has 0 spiro atoms. The number of likely N-dealkylation sites (tertiary alicyclic amines) is 1. The van der Waals surface area contributed by atoms with E-state index < -0.39 is 0 Å². The summed E-state index contributed by atoms with van der Waals surface area (Å²) in [6.07, 6.45) is 6.84. The largest absolute Gasteiger partial charge is 0.375 e. The normalized spacial score (nSPS) is 22.7. The van der Waals surface area contributed by atoms with E-state index in [4.69, 9.17) is 4.74 Å². The first-order chi connectivity index (χ1) is 10.3. The van der Waals surface area contributed by atoms with Gasteiger partial charge in [-0.15, -0.1) is 10.2 Å². The molecule has 0 radical (unpaired) electrons. The van der Waals surface area contributed by atoms with E-state index in [9.17, 15) is 4.79 Å². The van der Waals surface area contributed by atoms with Crippen LogP contribution in [0.2, 0.25) is 0 Å². The summed E-state index contributed by atoms with van der Waals surface area (Å²) < 4.78 is 7.27. The van der Waals surface area contributed by atoms with Crippen LogP contribution in [0.3, 0.4) is 0 Å². The zero-order valence-electron chi connectivity index (χ0n) is 12.8. The Morgan fingerprint density at radius 2 is 2.14 bits per heavy atom. The molecule has 6 nitrogen and oxygen atoms in total. The summed E-state index contributed by atoms with van der Waals surface area (Å²) >= 11 is 0. The van der Waals surface area contributed by atoms with Crippen LogP contribution < -0.4 is 0 Å². The summed E-state index contributed by atoms with van der Waals surface area (Å²) in [6.45, 7) is 2.78. The van der Waals surface area contributed by atoms with E-state index in [0.29, 0.717) is 5.92 Å². The number of ether oxygens (including phenoxy) is 1. The van der Waals surface area contributed by atoms with Crippen molar-refractivity contribution in [1.29, 1.82) is 0 Å². The molecule has 1 amide bonds. The summed E-state index contributed by atoms with van der Waals surface area (Å²) in [6, 6.07) is 0. The van der Waals surface area contributed by atoms with Gasteiger partial charge in [0, 0.05) is 39.1 Å². The van der Waals surface area contributed by atoms with Gasteiger partial charge in [0.05, 0.1) is 0 Å². The van der Waals surface area contributed by atoms with Gasteiger partial charge in [0.15, 0.2) is 0 Å². The van der Waals surface area contributed by atoms with Crippen LogP contribution >= 0.6 is 0 Å². The molecule has 2 aliphatic rings. The molecule has 1 atom stereocenters. The third kappa shape index (κ3) is 3.10. The SMILES string of the molecule is COCC(=O)N1CCCC(c2nnc3n2CCCCC3)C1. The monoisotopic (exact) mass is 292 g/mol. The number of aryl methyl sites for hydroxylation is 1. The van der Waals surface area contributed by atoms with Crippen LogP contribution in [0.4, 0.5) is 0 Å². The molecular formula is C15H24N4O2. The number of methoxy groups -OCH3 is 1. The molecule has 1 fully saturated rings. The average molecular weight is 292 g/mol. The number of carbonyl (C=O) groups excluding carboxylic acids is 1. The molecule has 2 aliphatic heterocycles. The predicted octanol–water partition coefficient (Wildman–Crippen LogP) is 1.36. The van der Waals surface area contributed by atoms with Crippen molar-refractivity contribution in [2.24, 2.45) is 0 Å². The van der Waals surface area contributed by atoms with Crippen LogP contribution in [-0.4, -0.2) is 52.4 Å². The highest BCUT2D eigenvalue weighted by atomic mass is 16.5. The van der Waals surface area contributed by atoms with Gasteiger partial charge in [-0.25, -0.2) is 0 Å². The van der Waals surface area contributed by atoms with Gasteiger partial charge in [-0.2, -0.15) is 0 Å². The lowest BCUT2D eigenvalue weighted by Gasteiger charge is -2.32. The number of amides is 1. The number of rotatable bonds is 3. The van der Waals surface area contributed by atoms with Crippen molar-refractivity contribution in [3.05, 3.63) is 11.6 Å². The highest BCUT2D eigenvalue weighted by Gasteiger charge is 2.29. The average Bonchev–Trinajstić information content (AvgIpc) is 2.76. The molecule has 1 aromatic heterocycles. The zero-order valence-corrected chi connectivity index (χ0v) is 12.8. The van der Waals surface area contributed by atoms with Gasteiger partial charge in [-0.1, -0.05) is 6.42 Å². The molecule has 3 rings (SSSR count). The minimum absolute atomic E-state index is 0.0813. The number of piperidine rings is 1. The zero-order chi connectivity index (χ0) is 14.7. The third-order valence-electron chi connectivity index (χ3n) is 4.55. The van der Waals surface area contributed by atoms with Crippen LogP contribution in [0.1, 0.15) is 49.7 Å². The summed E-state index contributed by atoms with van der Waals surface area (Å²) in [5, 5.41) is 8.83. The van der Waals surface area contributed by atoms with Crippen molar-refractivity contribution in [3.63, 3.8) is 0 Å². The molecule has 0 saturated carbocycles. The fourth-order valence-electron chi connectivity index (χ4n) is 3.44. The second-order valence-corrected chi connectivity index (χ2v) is 6.05. The first-order valence-electron chi connectivity index (χ1n) is 7.98. The molecule has 1 unspecified atom stereocenters. The lowest BCUT2D eigenvalue weighted by Crippen LogP contribution is -2.41. The maximum Gasteiger partial charge on any atom is 0.248 e. The van der Waals surface area contributed by atoms with E-state index in [-0.39, 0.29) is 12.5 Å². The van der Waals surface area contributed by atoms with Crippen molar-refractivity contribution in [3.8, 4) is 0 Å². The van der Waals surface area contributed by atoms with Gasteiger partial charge < -0.3 is 14.2 Å². The molecule has 6 heteroatoms. The minimum atomic E-state index is 0.0813. The number of hydrogen-bond acceptors (Lipinski definition) is 4. The maximum absolute atomic E-state index is 12.0. The third-order valence-corrected chi connectivity index (χ3v) is 4.55. The predicted molar refractivity (Wildman–Crippen MR) is 78.0 cm³/mol. The Hall–Kier alpha value is -1.43. The van der Waals surface area contributed by atoms with Crippen LogP contribution in [0.25, 0.3) is 0 Å². The first-order valence-corrected chi connectivity index (χ1v) is 7.98. The fraction of sp³-hybridized carbons (Fsp3) is 0.800. The van der Waals surface area contributed by atoms with Crippen molar-refractivity contribution >= 4 is 5.91 Å². The highest BCUT2D eigenvalue weighted by molar-refractivity contribution is 5.77. The molecule has 0 aliphatic carbocycles. The smallest absolute Gasteiger partial charge is 0.248 e. The van der Waals surface area contributed by atoms with Crippen LogP contribution in [0.5, 0.6) is 0 Å². The lowest BCUT2D eigenvalue weighted by atomic mass is 9.97. The number of aromatic nitrogens is 3. The quantitative estimate of drug-likeness (QED) is 0.844. The van der Waals surface area contributed by atoms with Gasteiger partial charge in [0.25, 0.3) is 0 Å². The Balaban J connectivity index is 1.74. The summed E-state index contributed by atoms with van der Waals surface area (Å²) in [4.78, 5) is 13.9. The molecule has 0 bridgehead atoms. The topological polar surface area (TPSA) is 60.2 Å². The molecule has 0 N–H and O–H groups in total. The second-order valence-electron chi connectivity index (χ2n) is 6.05. The Morgan fingerprint density at radius 3 is 3.00 bits per heavy atom. The summed E-state index contributed by atoms with van der Waals surface area (Å²) in [7, 11) is 1.57. The molecule has 0 aromatic carbocycles. The molecular weight excluding hydrogens is 268 g/mol. The van der Waals surface area contributed by atoms with Crippen molar-refractivity contribution < 1.29 is 9.53 Å². The Bertz CT molecular complexity index is 500. The van der Waals surface area contributed by atoms with E-state index in [1.165, 1.54) is 19.3 Å². The van der Waals surface area contributed by atoms with Crippen molar-refractivity contribution in [2.45, 2.75) is 51.0 Å². The Morgan fingerprint density at radius 1 is 1.24 bits per heavy atom. The van der Waals surface area contributed by atoms with Crippen molar-refractivity contribution in [1.82, 2.24) is 19.7 Å². The van der Waals surface area contributed by atoms with Gasteiger partial charge in [-0.05, 0) is 25.7 Å². The minimum Gasteiger partial charge on any atom is -0.375 e. The molecule has 3 heterocycles. The highest BCUT2D eigenvalue weighted by Crippen LogP contribution is 2.27. The molecule has 21 heavy (non-hydrogen) atoms. The van der Waals surface area contributed by atoms with E-state index in [1.54, 1.807) is 7.11 Å². The summed E-state index contributed by atoms with van der Waals surface area (Å²) in [5.41, 5.74) is 0. The number of fused-ring (bicyclic) bond motifs is 1. The second kappa shape index (κ2) is 6.56. The van der Waals surface area contributed by atoms with E-state index in [0.717, 1.165) is 50.5 Å². The van der Waals surface area contributed by atoms with Crippen molar-refractivity contribution in [2.75, 3.05) is 26.8 Å². The number of carbonyl (C=O) groups is 1.